The minimum atomic E-state index is -0.259. The Morgan fingerprint density at radius 2 is 2.04 bits per heavy atom. The molecule has 24 heavy (non-hydrogen) atoms. The molecule has 4 rings (SSSR count). The molecule has 0 bridgehead atoms. The largest absolute Gasteiger partial charge is 0.326 e. The number of nitrogens with one attached hydrogen (secondary N) is 1. The van der Waals surface area contributed by atoms with Crippen molar-refractivity contribution in [3.05, 3.63) is 78.4 Å². The van der Waals surface area contributed by atoms with Crippen molar-refractivity contribution in [2.45, 2.75) is 12.3 Å². The average Bonchev–Trinajstić information content (AvgIpc) is 3.21. The van der Waals surface area contributed by atoms with Crippen LogP contribution in [0.2, 0.25) is 0 Å². The Morgan fingerprint density at radius 3 is 2.83 bits per heavy atom. The van der Waals surface area contributed by atoms with E-state index in [2.05, 4.69) is 10.4 Å². The first-order valence-corrected chi connectivity index (χ1v) is 7.87. The lowest BCUT2D eigenvalue weighted by molar-refractivity contribution is -0.117. The number of rotatable bonds is 4. The van der Waals surface area contributed by atoms with E-state index in [1.165, 1.54) is 12.1 Å². The lowest BCUT2D eigenvalue weighted by atomic mass is 10.1. The number of aromatic nitrogens is 2. The van der Waals surface area contributed by atoms with Crippen LogP contribution in [0.15, 0.2) is 67.0 Å². The molecule has 1 aliphatic rings. The number of halogens is 1. The van der Waals surface area contributed by atoms with Crippen LogP contribution in [-0.4, -0.2) is 15.7 Å². The van der Waals surface area contributed by atoms with Gasteiger partial charge in [-0.2, -0.15) is 5.10 Å². The molecule has 0 spiro atoms. The third-order valence-corrected chi connectivity index (χ3v) is 4.29. The molecule has 0 radical (unpaired) electrons. The minimum Gasteiger partial charge on any atom is -0.326 e. The molecule has 1 N–H and O–H groups in total. The van der Waals surface area contributed by atoms with Crippen molar-refractivity contribution in [3.8, 4) is 5.69 Å². The van der Waals surface area contributed by atoms with Crippen LogP contribution in [0.5, 0.6) is 0 Å². The number of anilines is 1. The molecule has 1 aromatic heterocycles. The number of amides is 1. The number of hydrogen-bond donors (Lipinski definition) is 1. The van der Waals surface area contributed by atoms with Crippen molar-refractivity contribution in [1.29, 1.82) is 0 Å². The molecule has 0 saturated heterocycles. The molecular weight excluding hydrogens is 305 g/mol. The Bertz CT molecular complexity index is 876. The van der Waals surface area contributed by atoms with Gasteiger partial charge in [0.05, 0.1) is 5.69 Å². The fourth-order valence-corrected chi connectivity index (χ4v) is 2.97. The second kappa shape index (κ2) is 5.92. The van der Waals surface area contributed by atoms with E-state index in [0.717, 1.165) is 23.4 Å². The molecule has 4 nitrogen and oxygen atoms in total. The highest BCUT2D eigenvalue weighted by Gasteiger charge is 2.44. The summed E-state index contributed by atoms with van der Waals surface area (Å²) in [6.45, 7) is 0. The molecule has 0 aliphatic heterocycles. The Hall–Kier alpha value is -2.95. The molecular formula is C19H16FN3O. The summed E-state index contributed by atoms with van der Waals surface area (Å²) >= 11 is 0. The van der Waals surface area contributed by atoms with Crippen LogP contribution in [0.25, 0.3) is 5.69 Å². The van der Waals surface area contributed by atoms with Crippen LogP contribution in [0.1, 0.15) is 17.9 Å². The van der Waals surface area contributed by atoms with E-state index in [0.29, 0.717) is 0 Å². The predicted molar refractivity (Wildman–Crippen MR) is 89.4 cm³/mol. The third-order valence-electron chi connectivity index (χ3n) is 4.29. The van der Waals surface area contributed by atoms with Gasteiger partial charge in [-0.15, -0.1) is 0 Å². The van der Waals surface area contributed by atoms with Crippen molar-refractivity contribution >= 4 is 11.6 Å². The smallest absolute Gasteiger partial charge is 0.228 e. The van der Waals surface area contributed by atoms with E-state index in [1.54, 1.807) is 16.9 Å². The van der Waals surface area contributed by atoms with Gasteiger partial charge in [-0.3, -0.25) is 4.79 Å². The van der Waals surface area contributed by atoms with Crippen molar-refractivity contribution in [2.75, 3.05) is 5.32 Å². The summed E-state index contributed by atoms with van der Waals surface area (Å²) in [6, 6.07) is 15.9. The zero-order chi connectivity index (χ0) is 16.5. The van der Waals surface area contributed by atoms with E-state index in [1.807, 2.05) is 42.6 Å². The lowest BCUT2D eigenvalue weighted by Gasteiger charge is -2.08. The molecule has 2 aromatic carbocycles. The molecule has 5 heteroatoms. The monoisotopic (exact) mass is 321 g/mol. The van der Waals surface area contributed by atoms with Crippen LogP contribution < -0.4 is 5.32 Å². The predicted octanol–water partition coefficient (Wildman–Crippen LogP) is 3.75. The van der Waals surface area contributed by atoms with Crippen LogP contribution >= 0.6 is 0 Å². The number of carbonyl (C=O) groups excluding carboxylic acids is 1. The summed E-state index contributed by atoms with van der Waals surface area (Å²) in [7, 11) is 0. The Kier molecular flexibility index (Phi) is 3.61. The summed E-state index contributed by atoms with van der Waals surface area (Å²) in [5.74, 6) is -0.275. The van der Waals surface area contributed by atoms with Gasteiger partial charge in [0.2, 0.25) is 5.91 Å². The molecule has 1 amide bonds. The van der Waals surface area contributed by atoms with Crippen molar-refractivity contribution in [3.63, 3.8) is 0 Å². The third kappa shape index (κ3) is 2.93. The minimum absolute atomic E-state index is 0.0260. The summed E-state index contributed by atoms with van der Waals surface area (Å²) in [5, 5.41) is 7.13. The summed E-state index contributed by atoms with van der Waals surface area (Å²) < 4.78 is 15.0. The summed E-state index contributed by atoms with van der Waals surface area (Å²) in [4.78, 5) is 12.4. The molecule has 2 atom stereocenters. The Balaban J connectivity index is 1.45. The van der Waals surface area contributed by atoms with E-state index < -0.39 is 0 Å². The van der Waals surface area contributed by atoms with E-state index >= 15 is 0 Å². The maximum absolute atomic E-state index is 13.3. The molecule has 120 valence electrons. The zero-order valence-electron chi connectivity index (χ0n) is 12.9. The average molecular weight is 321 g/mol. The SMILES string of the molecule is O=C(Nc1cccc(-n2cccn2)c1)C1CC1c1cccc(F)c1. The first-order valence-electron chi connectivity index (χ1n) is 7.87. The highest BCUT2D eigenvalue weighted by molar-refractivity contribution is 5.95. The van der Waals surface area contributed by atoms with Gasteiger partial charge in [-0.05, 0) is 54.3 Å². The topological polar surface area (TPSA) is 46.9 Å². The highest BCUT2D eigenvalue weighted by Crippen LogP contribution is 2.48. The molecule has 1 heterocycles. The summed E-state index contributed by atoms with van der Waals surface area (Å²) in [5.41, 5.74) is 2.51. The van der Waals surface area contributed by atoms with Gasteiger partial charge in [-0.25, -0.2) is 9.07 Å². The fourth-order valence-electron chi connectivity index (χ4n) is 2.97. The van der Waals surface area contributed by atoms with Crippen LogP contribution in [0.3, 0.4) is 0 Å². The van der Waals surface area contributed by atoms with Gasteiger partial charge in [0, 0.05) is 24.0 Å². The van der Waals surface area contributed by atoms with E-state index in [9.17, 15) is 9.18 Å². The number of benzene rings is 2. The Morgan fingerprint density at radius 1 is 1.17 bits per heavy atom. The first-order chi connectivity index (χ1) is 11.7. The quantitative estimate of drug-likeness (QED) is 0.795. The first kappa shape index (κ1) is 14.6. The maximum atomic E-state index is 13.3. The van der Waals surface area contributed by atoms with Crippen molar-refractivity contribution in [2.24, 2.45) is 5.92 Å². The number of nitrogens with zero attached hydrogens (tertiary/aromatic N) is 2. The van der Waals surface area contributed by atoms with Gasteiger partial charge < -0.3 is 5.32 Å². The van der Waals surface area contributed by atoms with E-state index in [-0.39, 0.29) is 23.6 Å². The lowest BCUT2D eigenvalue weighted by Crippen LogP contribution is -2.14. The van der Waals surface area contributed by atoms with Gasteiger partial charge in [0.25, 0.3) is 0 Å². The van der Waals surface area contributed by atoms with Crippen molar-refractivity contribution in [1.82, 2.24) is 9.78 Å². The number of carbonyl (C=O) groups is 1. The highest BCUT2D eigenvalue weighted by atomic mass is 19.1. The molecule has 1 saturated carbocycles. The van der Waals surface area contributed by atoms with Gasteiger partial charge in [-0.1, -0.05) is 18.2 Å². The molecule has 2 unspecified atom stereocenters. The Labute approximate surface area is 138 Å². The zero-order valence-corrected chi connectivity index (χ0v) is 12.9. The second-order valence-corrected chi connectivity index (χ2v) is 5.99. The van der Waals surface area contributed by atoms with Crippen molar-refractivity contribution < 1.29 is 9.18 Å². The van der Waals surface area contributed by atoms with Crippen LogP contribution in [0.4, 0.5) is 10.1 Å². The standard InChI is InChI=1S/C19H16FN3O/c20-14-5-1-4-13(10-14)17-12-18(17)19(24)22-15-6-2-7-16(11-15)23-9-3-8-21-23/h1-11,17-18H,12H2,(H,22,24). The van der Waals surface area contributed by atoms with Crippen LogP contribution in [0, 0.1) is 11.7 Å². The number of hydrogen-bond acceptors (Lipinski definition) is 2. The fraction of sp³-hybridized carbons (Fsp3) is 0.158. The van der Waals surface area contributed by atoms with E-state index in [4.69, 9.17) is 0 Å². The van der Waals surface area contributed by atoms with Gasteiger partial charge >= 0.3 is 0 Å². The molecule has 3 aromatic rings. The summed E-state index contributed by atoms with van der Waals surface area (Å²) in [6.07, 6.45) is 4.31. The van der Waals surface area contributed by atoms with Gasteiger partial charge in [0.15, 0.2) is 0 Å². The normalized spacial score (nSPS) is 19.0. The molecule has 1 aliphatic carbocycles. The van der Waals surface area contributed by atoms with Gasteiger partial charge in [0.1, 0.15) is 5.82 Å². The van der Waals surface area contributed by atoms with Crippen LogP contribution in [-0.2, 0) is 4.79 Å². The second-order valence-electron chi connectivity index (χ2n) is 5.99. The maximum Gasteiger partial charge on any atom is 0.228 e. The molecule has 1 fully saturated rings.